The molecule has 0 saturated heterocycles. The molecule has 7 heteroatoms. The lowest BCUT2D eigenvalue weighted by molar-refractivity contribution is -0.384. The van der Waals surface area contributed by atoms with Gasteiger partial charge in [0.05, 0.1) is 10.5 Å². The first kappa shape index (κ1) is 16.5. The number of nitro benzene ring substituents is 1. The summed E-state index contributed by atoms with van der Waals surface area (Å²) >= 11 is 3.83. The molecule has 114 valence electrons. The number of carbonyl (C=O) groups is 1. The van der Waals surface area contributed by atoms with Crippen LogP contribution in [0.25, 0.3) is 0 Å². The fraction of sp³-hybridized carbons (Fsp3) is 0.500. The molecule has 0 unspecified atom stereocenters. The topological polar surface area (TPSA) is 72.2 Å². The van der Waals surface area contributed by atoms with Gasteiger partial charge in [-0.2, -0.15) is 11.8 Å². The predicted molar refractivity (Wildman–Crippen MR) is 92.9 cm³/mol. The number of hydrogen-bond donors (Lipinski definition) is 1. The van der Waals surface area contributed by atoms with E-state index in [2.05, 4.69) is 11.6 Å². The summed E-state index contributed by atoms with van der Waals surface area (Å²) in [6, 6.07) is 4.37. The van der Waals surface area contributed by atoms with E-state index in [0.717, 1.165) is 16.4 Å². The van der Waals surface area contributed by atoms with Crippen molar-refractivity contribution in [3.8, 4) is 0 Å². The number of non-ortho nitro benzene ring substituents is 1. The highest BCUT2D eigenvalue weighted by atomic mass is 127. The van der Waals surface area contributed by atoms with Gasteiger partial charge in [0.1, 0.15) is 0 Å². The lowest BCUT2D eigenvalue weighted by Gasteiger charge is -2.27. The highest BCUT2D eigenvalue weighted by molar-refractivity contribution is 14.1. The number of nitro groups is 1. The standard InChI is InChI=1S/C14H17IN2O3S/c1-21-14(6-2-3-7-14)9-16-13(18)11-8-10(17(19)20)4-5-12(11)15/h4-5,8H,2-3,6-7,9H2,1H3,(H,16,18). The monoisotopic (exact) mass is 420 g/mol. The van der Waals surface area contributed by atoms with Crippen molar-refractivity contribution >= 4 is 45.9 Å². The SMILES string of the molecule is CSC1(CNC(=O)c2cc([N+](=O)[O-])ccc2I)CCCC1. The van der Waals surface area contributed by atoms with Crippen LogP contribution in [0.4, 0.5) is 5.69 Å². The number of thioether (sulfide) groups is 1. The van der Waals surface area contributed by atoms with Crippen LogP contribution in [0.3, 0.4) is 0 Å². The zero-order valence-corrected chi connectivity index (χ0v) is 14.7. The summed E-state index contributed by atoms with van der Waals surface area (Å²) in [6.07, 6.45) is 6.70. The third kappa shape index (κ3) is 3.88. The Morgan fingerprint density at radius 3 is 2.71 bits per heavy atom. The van der Waals surface area contributed by atoms with Gasteiger partial charge in [-0.1, -0.05) is 12.8 Å². The van der Waals surface area contributed by atoms with E-state index >= 15 is 0 Å². The van der Waals surface area contributed by atoms with Crippen molar-refractivity contribution in [2.45, 2.75) is 30.4 Å². The van der Waals surface area contributed by atoms with Crippen molar-refractivity contribution in [3.05, 3.63) is 37.4 Å². The molecule has 5 nitrogen and oxygen atoms in total. The van der Waals surface area contributed by atoms with Crippen LogP contribution in [0.1, 0.15) is 36.0 Å². The van der Waals surface area contributed by atoms with Crippen molar-refractivity contribution in [2.75, 3.05) is 12.8 Å². The Hall–Kier alpha value is -0.830. The Kier molecular flexibility index (Phi) is 5.48. The van der Waals surface area contributed by atoms with E-state index < -0.39 is 4.92 Å². The predicted octanol–water partition coefficient (Wildman–Crippen LogP) is 3.61. The van der Waals surface area contributed by atoms with Crippen LogP contribution >= 0.6 is 34.4 Å². The van der Waals surface area contributed by atoms with Gasteiger partial charge in [0, 0.05) is 27.0 Å². The van der Waals surface area contributed by atoms with Gasteiger partial charge in [-0.3, -0.25) is 14.9 Å². The van der Waals surface area contributed by atoms with E-state index in [1.54, 1.807) is 17.8 Å². The molecule has 0 aromatic heterocycles. The van der Waals surface area contributed by atoms with E-state index in [4.69, 9.17) is 0 Å². The van der Waals surface area contributed by atoms with Crippen molar-refractivity contribution in [1.29, 1.82) is 0 Å². The molecular weight excluding hydrogens is 403 g/mol. The molecule has 0 radical (unpaired) electrons. The summed E-state index contributed by atoms with van der Waals surface area (Å²) in [5.41, 5.74) is 0.320. The van der Waals surface area contributed by atoms with Gasteiger partial charge in [0.15, 0.2) is 0 Å². The number of carbonyl (C=O) groups excluding carboxylic acids is 1. The maximum Gasteiger partial charge on any atom is 0.270 e. The second-order valence-electron chi connectivity index (χ2n) is 5.20. The van der Waals surface area contributed by atoms with Gasteiger partial charge in [0.2, 0.25) is 0 Å². The van der Waals surface area contributed by atoms with Crippen LogP contribution in [0, 0.1) is 13.7 Å². The second kappa shape index (κ2) is 6.95. The quantitative estimate of drug-likeness (QED) is 0.449. The number of benzene rings is 1. The summed E-state index contributed by atoms with van der Waals surface area (Å²) in [5.74, 6) is -0.233. The summed E-state index contributed by atoms with van der Waals surface area (Å²) in [6.45, 7) is 0.617. The van der Waals surface area contributed by atoms with E-state index in [9.17, 15) is 14.9 Å². The zero-order valence-electron chi connectivity index (χ0n) is 11.7. The van der Waals surface area contributed by atoms with Crippen LogP contribution in [-0.4, -0.2) is 28.4 Å². The summed E-state index contributed by atoms with van der Waals surface area (Å²) in [4.78, 5) is 22.6. The minimum absolute atomic E-state index is 0.0546. The van der Waals surface area contributed by atoms with E-state index in [-0.39, 0.29) is 16.3 Å². The highest BCUT2D eigenvalue weighted by Crippen LogP contribution is 2.39. The first-order chi connectivity index (χ1) is 9.97. The molecule has 2 rings (SSSR count). The van der Waals surface area contributed by atoms with Gasteiger partial charge in [-0.25, -0.2) is 0 Å². The van der Waals surface area contributed by atoms with Gasteiger partial charge in [0.25, 0.3) is 11.6 Å². The largest absolute Gasteiger partial charge is 0.351 e. The molecular formula is C14H17IN2O3S. The van der Waals surface area contributed by atoms with Gasteiger partial charge < -0.3 is 5.32 Å². The highest BCUT2D eigenvalue weighted by Gasteiger charge is 2.33. The number of amides is 1. The molecule has 0 bridgehead atoms. The van der Waals surface area contributed by atoms with Crippen molar-refractivity contribution in [2.24, 2.45) is 0 Å². The van der Waals surface area contributed by atoms with Crippen molar-refractivity contribution in [1.82, 2.24) is 5.32 Å². The Balaban J connectivity index is 2.09. The Bertz CT molecular complexity index is 559. The smallest absolute Gasteiger partial charge is 0.270 e. The normalized spacial score (nSPS) is 16.7. The molecule has 0 spiro atoms. The number of rotatable bonds is 5. The minimum Gasteiger partial charge on any atom is -0.351 e. The summed E-state index contributed by atoms with van der Waals surface area (Å²) < 4.78 is 0.849. The molecule has 1 aromatic rings. The van der Waals surface area contributed by atoms with E-state index in [1.165, 1.54) is 25.0 Å². The maximum absolute atomic E-state index is 12.3. The molecule has 1 aliphatic carbocycles. The lowest BCUT2D eigenvalue weighted by Crippen LogP contribution is -2.38. The molecule has 1 fully saturated rings. The van der Waals surface area contributed by atoms with Crippen LogP contribution in [-0.2, 0) is 0 Å². The van der Waals surface area contributed by atoms with Gasteiger partial charge >= 0.3 is 0 Å². The van der Waals surface area contributed by atoms with Crippen LogP contribution in [0.2, 0.25) is 0 Å². The third-order valence-electron chi connectivity index (χ3n) is 3.92. The second-order valence-corrected chi connectivity index (χ2v) is 7.63. The van der Waals surface area contributed by atoms with Crippen molar-refractivity contribution < 1.29 is 9.72 Å². The number of hydrogen-bond acceptors (Lipinski definition) is 4. The summed E-state index contributed by atoms with van der Waals surface area (Å²) in [7, 11) is 0. The fourth-order valence-electron chi connectivity index (χ4n) is 2.61. The van der Waals surface area contributed by atoms with Crippen LogP contribution < -0.4 is 5.32 Å². The molecule has 1 aliphatic rings. The maximum atomic E-state index is 12.3. The zero-order chi connectivity index (χ0) is 15.5. The lowest BCUT2D eigenvalue weighted by atomic mass is 10.1. The third-order valence-corrected chi connectivity index (χ3v) is 6.28. The Labute approximate surface area is 141 Å². The molecule has 0 aliphatic heterocycles. The molecule has 1 aromatic carbocycles. The van der Waals surface area contributed by atoms with Crippen molar-refractivity contribution in [3.63, 3.8) is 0 Å². The fourth-order valence-corrected chi connectivity index (χ4v) is 4.10. The average Bonchev–Trinajstić information content (AvgIpc) is 2.94. The van der Waals surface area contributed by atoms with Gasteiger partial charge in [-0.15, -0.1) is 0 Å². The van der Waals surface area contributed by atoms with Gasteiger partial charge in [-0.05, 0) is 47.8 Å². The first-order valence-electron chi connectivity index (χ1n) is 6.75. The Morgan fingerprint density at radius 1 is 1.48 bits per heavy atom. The van der Waals surface area contributed by atoms with E-state index in [0.29, 0.717) is 12.1 Å². The molecule has 0 atom stereocenters. The van der Waals surface area contributed by atoms with Crippen LogP contribution in [0.15, 0.2) is 18.2 Å². The molecule has 1 N–H and O–H groups in total. The molecule has 21 heavy (non-hydrogen) atoms. The molecule has 0 heterocycles. The molecule has 1 amide bonds. The Morgan fingerprint density at radius 2 is 2.14 bits per heavy atom. The van der Waals surface area contributed by atoms with Crippen LogP contribution in [0.5, 0.6) is 0 Å². The number of nitrogens with zero attached hydrogens (tertiary/aromatic N) is 1. The number of nitrogens with one attached hydrogen (secondary N) is 1. The minimum atomic E-state index is -0.479. The first-order valence-corrected chi connectivity index (χ1v) is 9.05. The molecule has 1 saturated carbocycles. The number of halogens is 1. The van der Waals surface area contributed by atoms with E-state index in [1.807, 2.05) is 22.6 Å². The summed E-state index contributed by atoms with van der Waals surface area (Å²) in [5, 5.41) is 13.8. The average molecular weight is 420 g/mol.